The summed E-state index contributed by atoms with van der Waals surface area (Å²) in [5, 5.41) is 12.0. The zero-order valence-electron chi connectivity index (χ0n) is 9.86. The van der Waals surface area contributed by atoms with E-state index >= 15 is 0 Å². The van der Waals surface area contributed by atoms with Crippen LogP contribution < -0.4 is 4.72 Å². The standard InChI is InChI=1S/C11H11NO4S3/c1-7(9-3-2-4-17-9)12-19(15,16)8-5-10(11(13)14)18-6-8/h2-7,12H,1H3,(H,13,14)/t7-/m0/s1. The molecule has 102 valence electrons. The van der Waals surface area contributed by atoms with E-state index in [1.165, 1.54) is 16.7 Å². The number of carboxylic acids is 1. The van der Waals surface area contributed by atoms with Gasteiger partial charge in [-0.2, -0.15) is 0 Å². The fourth-order valence-electron chi connectivity index (χ4n) is 1.47. The lowest BCUT2D eigenvalue weighted by molar-refractivity contribution is 0.0702. The molecule has 2 aromatic heterocycles. The van der Waals surface area contributed by atoms with Crippen LogP contribution >= 0.6 is 22.7 Å². The number of carboxylic acid groups (broad SMARTS) is 1. The van der Waals surface area contributed by atoms with Gasteiger partial charge in [-0.1, -0.05) is 6.07 Å². The SMILES string of the molecule is C[C@H](NS(=O)(=O)c1csc(C(=O)O)c1)c1cccs1. The largest absolute Gasteiger partial charge is 0.477 e. The summed E-state index contributed by atoms with van der Waals surface area (Å²) < 4.78 is 26.7. The van der Waals surface area contributed by atoms with Crippen LogP contribution in [0.1, 0.15) is 27.5 Å². The first-order valence-electron chi connectivity index (χ1n) is 5.28. The second-order valence-corrected chi connectivity index (χ2v) is 7.41. The highest BCUT2D eigenvalue weighted by Gasteiger charge is 2.21. The lowest BCUT2D eigenvalue weighted by atomic mass is 10.3. The van der Waals surface area contributed by atoms with Gasteiger partial charge in [-0.25, -0.2) is 17.9 Å². The fourth-order valence-corrected chi connectivity index (χ4v) is 4.61. The lowest BCUT2D eigenvalue weighted by Crippen LogP contribution is -2.26. The summed E-state index contributed by atoms with van der Waals surface area (Å²) in [6.45, 7) is 1.74. The Balaban J connectivity index is 2.20. The molecular weight excluding hydrogens is 306 g/mol. The van der Waals surface area contributed by atoms with Crippen LogP contribution in [0.3, 0.4) is 0 Å². The van der Waals surface area contributed by atoms with Crippen molar-refractivity contribution in [2.75, 3.05) is 0 Å². The van der Waals surface area contributed by atoms with Gasteiger partial charge in [0.05, 0.1) is 10.9 Å². The summed E-state index contributed by atoms with van der Waals surface area (Å²) in [6.07, 6.45) is 0. The summed E-state index contributed by atoms with van der Waals surface area (Å²) in [4.78, 5) is 11.6. The van der Waals surface area contributed by atoms with Crippen LogP contribution in [0.5, 0.6) is 0 Å². The smallest absolute Gasteiger partial charge is 0.345 e. The number of rotatable bonds is 5. The molecule has 0 aromatic carbocycles. The molecule has 8 heteroatoms. The first kappa shape index (κ1) is 14.2. The van der Waals surface area contributed by atoms with Gasteiger partial charge in [-0.15, -0.1) is 22.7 Å². The Morgan fingerprint density at radius 1 is 1.42 bits per heavy atom. The van der Waals surface area contributed by atoms with Gasteiger partial charge < -0.3 is 5.11 Å². The molecule has 0 aliphatic carbocycles. The van der Waals surface area contributed by atoms with Gasteiger partial charge in [0.15, 0.2) is 0 Å². The Labute approximate surface area is 118 Å². The molecule has 2 N–H and O–H groups in total. The van der Waals surface area contributed by atoms with Crippen molar-refractivity contribution in [1.82, 2.24) is 4.72 Å². The molecule has 0 saturated carbocycles. The molecule has 5 nitrogen and oxygen atoms in total. The van der Waals surface area contributed by atoms with Crippen LogP contribution in [0.25, 0.3) is 0 Å². The Morgan fingerprint density at radius 2 is 2.16 bits per heavy atom. The topological polar surface area (TPSA) is 83.5 Å². The zero-order chi connectivity index (χ0) is 14.0. The minimum Gasteiger partial charge on any atom is -0.477 e. The van der Waals surface area contributed by atoms with Crippen molar-refractivity contribution in [3.63, 3.8) is 0 Å². The molecule has 0 saturated heterocycles. The number of hydrogen-bond acceptors (Lipinski definition) is 5. The van der Waals surface area contributed by atoms with E-state index in [-0.39, 0.29) is 15.8 Å². The van der Waals surface area contributed by atoms with E-state index in [4.69, 9.17) is 5.11 Å². The molecule has 2 aromatic rings. The third-order valence-corrected chi connectivity index (χ3v) is 6.04. The van der Waals surface area contributed by atoms with Crippen LogP contribution in [0, 0.1) is 0 Å². The summed E-state index contributed by atoms with van der Waals surface area (Å²) >= 11 is 2.35. The van der Waals surface area contributed by atoms with Gasteiger partial charge in [0.1, 0.15) is 4.88 Å². The molecule has 0 fully saturated rings. The predicted molar refractivity (Wildman–Crippen MR) is 74.3 cm³/mol. The summed E-state index contributed by atoms with van der Waals surface area (Å²) in [5.41, 5.74) is 0. The van der Waals surface area contributed by atoms with Crippen LogP contribution in [-0.2, 0) is 10.0 Å². The van der Waals surface area contributed by atoms with Crippen molar-refractivity contribution in [3.05, 3.63) is 38.7 Å². The Bertz CT molecular complexity index is 673. The highest BCUT2D eigenvalue weighted by Crippen LogP contribution is 2.23. The van der Waals surface area contributed by atoms with E-state index in [2.05, 4.69) is 4.72 Å². The molecular formula is C11H11NO4S3. The number of thiophene rings is 2. The number of carbonyl (C=O) groups is 1. The molecule has 0 radical (unpaired) electrons. The van der Waals surface area contributed by atoms with E-state index in [1.807, 2.05) is 17.5 Å². The van der Waals surface area contributed by atoms with Crippen molar-refractivity contribution in [2.45, 2.75) is 17.9 Å². The normalized spacial score (nSPS) is 13.3. The third kappa shape index (κ3) is 3.21. The maximum absolute atomic E-state index is 12.1. The molecule has 0 bridgehead atoms. The molecule has 0 aliphatic heterocycles. The minimum atomic E-state index is -3.69. The number of hydrogen-bond donors (Lipinski definition) is 2. The van der Waals surface area contributed by atoms with Crippen molar-refractivity contribution in [1.29, 1.82) is 0 Å². The quantitative estimate of drug-likeness (QED) is 0.887. The van der Waals surface area contributed by atoms with Crippen LogP contribution in [0.15, 0.2) is 33.9 Å². The van der Waals surface area contributed by atoms with Crippen molar-refractivity contribution in [3.8, 4) is 0 Å². The second-order valence-electron chi connectivity index (χ2n) is 3.81. The predicted octanol–water partition coefficient (Wildman–Crippen LogP) is 2.55. The van der Waals surface area contributed by atoms with E-state index < -0.39 is 16.0 Å². The average molecular weight is 317 g/mol. The maximum atomic E-state index is 12.1. The minimum absolute atomic E-state index is 0.00384. The molecule has 0 amide bonds. The molecule has 0 aliphatic rings. The highest BCUT2D eigenvalue weighted by atomic mass is 32.2. The third-order valence-electron chi connectivity index (χ3n) is 2.40. The first-order valence-corrected chi connectivity index (χ1v) is 8.52. The number of sulfonamides is 1. The average Bonchev–Trinajstić information content (AvgIpc) is 3.00. The highest BCUT2D eigenvalue weighted by molar-refractivity contribution is 7.89. The van der Waals surface area contributed by atoms with Gasteiger partial charge in [0.2, 0.25) is 10.0 Å². The van der Waals surface area contributed by atoms with Gasteiger partial charge >= 0.3 is 5.97 Å². The zero-order valence-corrected chi connectivity index (χ0v) is 12.3. The van der Waals surface area contributed by atoms with Gasteiger partial charge in [0, 0.05) is 10.3 Å². The molecule has 1 atom stereocenters. The summed E-state index contributed by atoms with van der Waals surface area (Å²) in [7, 11) is -3.69. The van der Waals surface area contributed by atoms with Gasteiger partial charge in [-0.3, -0.25) is 0 Å². The van der Waals surface area contributed by atoms with E-state index in [9.17, 15) is 13.2 Å². The summed E-state index contributed by atoms with van der Waals surface area (Å²) in [5.74, 6) is -1.13. The van der Waals surface area contributed by atoms with E-state index in [0.717, 1.165) is 22.3 Å². The summed E-state index contributed by atoms with van der Waals surface area (Å²) in [6, 6.07) is 4.50. The van der Waals surface area contributed by atoms with Crippen molar-refractivity contribution >= 4 is 38.7 Å². The first-order chi connectivity index (χ1) is 8.90. The Morgan fingerprint density at radius 3 is 2.68 bits per heavy atom. The fraction of sp³-hybridized carbons (Fsp3) is 0.182. The van der Waals surface area contributed by atoms with Crippen molar-refractivity contribution in [2.24, 2.45) is 0 Å². The Kier molecular flexibility index (Phi) is 4.04. The van der Waals surface area contributed by atoms with Crippen LogP contribution in [-0.4, -0.2) is 19.5 Å². The molecule has 19 heavy (non-hydrogen) atoms. The molecule has 2 heterocycles. The van der Waals surface area contributed by atoms with E-state index in [1.54, 1.807) is 6.92 Å². The van der Waals surface area contributed by atoms with Crippen LogP contribution in [0.4, 0.5) is 0 Å². The molecule has 2 rings (SSSR count). The Hall–Kier alpha value is -1.22. The number of aromatic carboxylic acids is 1. The van der Waals surface area contributed by atoms with E-state index in [0.29, 0.717) is 0 Å². The van der Waals surface area contributed by atoms with Gasteiger partial charge in [0.25, 0.3) is 0 Å². The molecule has 0 unspecified atom stereocenters. The van der Waals surface area contributed by atoms with Crippen molar-refractivity contribution < 1.29 is 18.3 Å². The van der Waals surface area contributed by atoms with Gasteiger partial charge in [-0.05, 0) is 24.4 Å². The maximum Gasteiger partial charge on any atom is 0.345 e. The number of nitrogens with one attached hydrogen (secondary N) is 1. The molecule has 0 spiro atoms. The second kappa shape index (κ2) is 5.41. The monoisotopic (exact) mass is 317 g/mol. The van der Waals surface area contributed by atoms with Crippen LogP contribution in [0.2, 0.25) is 0 Å². The lowest BCUT2D eigenvalue weighted by Gasteiger charge is -2.11.